The molecule has 2 heterocycles. The summed E-state index contributed by atoms with van der Waals surface area (Å²) in [4.78, 5) is 18.9. The molecule has 1 aromatic carbocycles. The number of aromatic nitrogens is 2. The summed E-state index contributed by atoms with van der Waals surface area (Å²) < 4.78 is 7.64. The Labute approximate surface area is 154 Å². The lowest BCUT2D eigenvalue weighted by Gasteiger charge is -2.35. The van der Waals surface area contributed by atoms with Crippen molar-refractivity contribution in [2.24, 2.45) is 7.05 Å². The second-order valence-electron chi connectivity index (χ2n) is 5.99. The third kappa shape index (κ3) is 4.52. The van der Waals surface area contributed by atoms with E-state index in [2.05, 4.69) is 17.2 Å². The first-order valence-corrected chi connectivity index (χ1v) is 8.38. The van der Waals surface area contributed by atoms with Crippen LogP contribution in [0.5, 0.6) is 5.75 Å². The number of hydrogen-bond acceptors (Lipinski definition) is 4. The Balaban J connectivity index is 0.00000225. The van der Waals surface area contributed by atoms with Crippen LogP contribution in [0.15, 0.2) is 36.7 Å². The first kappa shape index (κ1) is 19.3. The van der Waals surface area contributed by atoms with Gasteiger partial charge in [-0.25, -0.2) is 4.98 Å². The maximum atomic E-state index is 12.6. The van der Waals surface area contributed by atoms with Crippen LogP contribution in [0.3, 0.4) is 0 Å². The van der Waals surface area contributed by atoms with Gasteiger partial charge in [-0.15, -0.1) is 12.4 Å². The summed E-state index contributed by atoms with van der Waals surface area (Å²) in [5, 5.41) is 3.33. The number of carbonyl (C=O) groups excluding carboxylic acids is 1. The average Bonchev–Trinajstić information content (AvgIpc) is 3.06. The predicted octanol–water partition coefficient (Wildman–Crippen LogP) is 1.96. The molecule has 7 heteroatoms. The fourth-order valence-electron chi connectivity index (χ4n) is 2.98. The van der Waals surface area contributed by atoms with E-state index in [-0.39, 0.29) is 31.0 Å². The van der Waals surface area contributed by atoms with Gasteiger partial charge in [-0.05, 0) is 24.1 Å². The van der Waals surface area contributed by atoms with Crippen LogP contribution >= 0.6 is 12.4 Å². The van der Waals surface area contributed by atoms with E-state index in [1.807, 2.05) is 47.0 Å². The van der Waals surface area contributed by atoms with Gasteiger partial charge in [0, 0.05) is 39.1 Å². The fraction of sp³-hybridized carbons (Fsp3) is 0.444. The number of hydrogen-bond donors (Lipinski definition) is 1. The largest absolute Gasteiger partial charge is 0.484 e. The number of ether oxygens (including phenoxy) is 1. The maximum Gasteiger partial charge on any atom is 0.261 e. The van der Waals surface area contributed by atoms with E-state index in [1.54, 1.807) is 6.20 Å². The van der Waals surface area contributed by atoms with Crippen molar-refractivity contribution in [1.29, 1.82) is 0 Å². The topological polar surface area (TPSA) is 59.4 Å². The highest BCUT2D eigenvalue weighted by Gasteiger charge is 2.30. The van der Waals surface area contributed by atoms with Crippen LogP contribution in [0.25, 0.3) is 0 Å². The van der Waals surface area contributed by atoms with Crippen molar-refractivity contribution in [2.75, 3.05) is 26.2 Å². The van der Waals surface area contributed by atoms with E-state index in [1.165, 1.54) is 5.56 Å². The highest BCUT2D eigenvalue weighted by molar-refractivity contribution is 5.85. The normalized spacial score (nSPS) is 17.0. The zero-order chi connectivity index (χ0) is 16.9. The Bertz CT molecular complexity index is 687. The zero-order valence-corrected chi connectivity index (χ0v) is 15.5. The van der Waals surface area contributed by atoms with Crippen LogP contribution in [0.2, 0.25) is 0 Å². The van der Waals surface area contributed by atoms with Gasteiger partial charge in [0.05, 0.1) is 0 Å². The molecule has 1 amide bonds. The van der Waals surface area contributed by atoms with E-state index in [4.69, 9.17) is 4.74 Å². The van der Waals surface area contributed by atoms with Crippen LogP contribution in [-0.2, 0) is 18.3 Å². The lowest BCUT2D eigenvalue weighted by atomic mass is 10.1. The van der Waals surface area contributed by atoms with Crippen LogP contribution in [0.1, 0.15) is 24.4 Å². The molecule has 1 saturated heterocycles. The molecule has 1 aromatic heterocycles. The van der Waals surface area contributed by atoms with Gasteiger partial charge in [0.2, 0.25) is 0 Å². The van der Waals surface area contributed by atoms with Crippen LogP contribution in [0, 0.1) is 0 Å². The number of nitrogens with one attached hydrogen (secondary N) is 1. The molecule has 136 valence electrons. The van der Waals surface area contributed by atoms with E-state index in [0.717, 1.165) is 24.5 Å². The highest BCUT2D eigenvalue weighted by atomic mass is 35.5. The fourth-order valence-corrected chi connectivity index (χ4v) is 2.98. The Morgan fingerprint density at radius 3 is 2.76 bits per heavy atom. The number of halogens is 1. The summed E-state index contributed by atoms with van der Waals surface area (Å²) in [6.45, 7) is 4.32. The van der Waals surface area contributed by atoms with Gasteiger partial charge in [0.1, 0.15) is 17.6 Å². The number of imidazole rings is 1. The second kappa shape index (κ2) is 8.87. The molecule has 2 aromatic rings. The molecule has 0 spiro atoms. The van der Waals surface area contributed by atoms with Gasteiger partial charge in [-0.1, -0.05) is 19.1 Å². The van der Waals surface area contributed by atoms with Crippen molar-refractivity contribution in [2.45, 2.75) is 19.4 Å². The number of rotatable bonds is 5. The summed E-state index contributed by atoms with van der Waals surface area (Å²) >= 11 is 0. The summed E-state index contributed by atoms with van der Waals surface area (Å²) in [6, 6.07) is 7.83. The molecule has 6 nitrogen and oxygen atoms in total. The first-order valence-electron chi connectivity index (χ1n) is 8.38. The number of benzene rings is 1. The molecule has 1 fully saturated rings. The monoisotopic (exact) mass is 364 g/mol. The number of nitrogens with zero attached hydrogens (tertiary/aromatic N) is 3. The molecule has 1 unspecified atom stereocenters. The minimum Gasteiger partial charge on any atom is -0.484 e. The molecular weight excluding hydrogens is 340 g/mol. The molecule has 0 saturated carbocycles. The SMILES string of the molecule is CCc1ccc(OCC(=O)N2CCNCC2c2nccn2C)cc1.Cl. The first-order chi connectivity index (χ1) is 11.7. The second-order valence-corrected chi connectivity index (χ2v) is 5.99. The Kier molecular flexibility index (Phi) is 6.84. The van der Waals surface area contributed by atoms with Crippen molar-refractivity contribution in [3.63, 3.8) is 0 Å². The third-order valence-corrected chi connectivity index (χ3v) is 4.41. The van der Waals surface area contributed by atoms with Crippen LogP contribution in [-0.4, -0.2) is 46.6 Å². The minimum absolute atomic E-state index is 0. The van der Waals surface area contributed by atoms with Gasteiger partial charge in [0.25, 0.3) is 5.91 Å². The molecule has 0 aliphatic carbocycles. The maximum absolute atomic E-state index is 12.6. The van der Waals surface area contributed by atoms with E-state index >= 15 is 0 Å². The molecule has 1 atom stereocenters. The van der Waals surface area contributed by atoms with Gasteiger partial charge < -0.3 is 19.5 Å². The Hall–Kier alpha value is -2.05. The smallest absolute Gasteiger partial charge is 0.261 e. The van der Waals surface area contributed by atoms with Crippen LogP contribution in [0.4, 0.5) is 0 Å². The summed E-state index contributed by atoms with van der Waals surface area (Å²) in [5.41, 5.74) is 1.26. The molecule has 25 heavy (non-hydrogen) atoms. The van der Waals surface area contributed by atoms with Gasteiger partial charge in [-0.2, -0.15) is 0 Å². The molecule has 0 radical (unpaired) electrons. The lowest BCUT2D eigenvalue weighted by Crippen LogP contribution is -2.50. The van der Waals surface area contributed by atoms with E-state index in [9.17, 15) is 4.79 Å². The van der Waals surface area contributed by atoms with Crippen molar-refractivity contribution < 1.29 is 9.53 Å². The standard InChI is InChI=1S/C18H24N4O2.ClH/c1-3-14-4-6-15(7-5-14)24-13-17(23)22-11-8-19-12-16(22)18-20-9-10-21(18)2;/h4-7,9-10,16,19H,3,8,11-13H2,1-2H3;1H. The molecule has 1 N–H and O–H groups in total. The van der Waals surface area contributed by atoms with Crippen LogP contribution < -0.4 is 10.1 Å². The van der Waals surface area contributed by atoms with Crippen molar-refractivity contribution >= 4 is 18.3 Å². The quantitative estimate of drug-likeness (QED) is 0.881. The molecule has 0 bridgehead atoms. The average molecular weight is 365 g/mol. The molecule has 3 rings (SSSR count). The van der Waals surface area contributed by atoms with Crippen molar-refractivity contribution in [3.8, 4) is 5.75 Å². The summed E-state index contributed by atoms with van der Waals surface area (Å²) in [5.74, 6) is 1.61. The Morgan fingerprint density at radius 1 is 1.36 bits per heavy atom. The van der Waals surface area contributed by atoms with Gasteiger partial charge >= 0.3 is 0 Å². The van der Waals surface area contributed by atoms with Crippen molar-refractivity contribution in [3.05, 3.63) is 48.0 Å². The number of carbonyl (C=O) groups is 1. The van der Waals surface area contributed by atoms with E-state index in [0.29, 0.717) is 13.1 Å². The van der Waals surface area contributed by atoms with Gasteiger partial charge in [-0.3, -0.25) is 4.79 Å². The third-order valence-electron chi connectivity index (χ3n) is 4.41. The lowest BCUT2D eigenvalue weighted by molar-refractivity contribution is -0.137. The molecular formula is C18H25ClN4O2. The molecule has 1 aliphatic rings. The zero-order valence-electron chi connectivity index (χ0n) is 14.6. The number of aryl methyl sites for hydroxylation is 2. The summed E-state index contributed by atoms with van der Waals surface area (Å²) in [6.07, 6.45) is 4.65. The van der Waals surface area contributed by atoms with Crippen molar-refractivity contribution in [1.82, 2.24) is 19.8 Å². The number of piperazine rings is 1. The van der Waals surface area contributed by atoms with E-state index < -0.39 is 0 Å². The number of amides is 1. The minimum atomic E-state index is -0.0580. The Morgan fingerprint density at radius 2 is 2.12 bits per heavy atom. The highest BCUT2D eigenvalue weighted by Crippen LogP contribution is 2.21. The molecule has 1 aliphatic heterocycles. The summed E-state index contributed by atoms with van der Waals surface area (Å²) in [7, 11) is 1.95. The van der Waals surface area contributed by atoms with Gasteiger partial charge in [0.15, 0.2) is 6.61 Å². The predicted molar refractivity (Wildman–Crippen MR) is 99.1 cm³/mol.